The van der Waals surface area contributed by atoms with Gasteiger partial charge in [0, 0.05) is 21.5 Å². The number of hydrogen-bond donors (Lipinski definition) is 0. The molecule has 200 valence electrons. The molecule has 1 aromatic heterocycles. The minimum absolute atomic E-state index is 0.0323. The van der Waals surface area contributed by atoms with Crippen molar-refractivity contribution in [3.05, 3.63) is 116 Å². The molecule has 6 aromatic carbocycles. The van der Waals surface area contributed by atoms with Crippen molar-refractivity contribution in [1.82, 2.24) is 9.97 Å². The molecule has 0 spiro atoms. The van der Waals surface area contributed by atoms with Gasteiger partial charge in [0.05, 0.1) is 5.56 Å². The third-order valence-corrected chi connectivity index (χ3v) is 7.46. The second-order valence-corrected chi connectivity index (χ2v) is 9.95. The molecular weight excluding hydrogens is 539 g/mol. The monoisotopic (exact) mass is 554 g/mol. The van der Waals surface area contributed by atoms with Gasteiger partial charge in [-0.25, -0.2) is 18.7 Å². The zero-order valence-electron chi connectivity index (χ0n) is 21.0. The summed E-state index contributed by atoms with van der Waals surface area (Å²) < 4.78 is 67.3. The van der Waals surface area contributed by atoms with E-state index in [9.17, 15) is 31.5 Å². The van der Waals surface area contributed by atoms with E-state index >= 15 is 0 Å². The van der Waals surface area contributed by atoms with Gasteiger partial charge in [-0.1, -0.05) is 36.4 Å². The fourth-order valence-corrected chi connectivity index (χ4v) is 5.37. The Hall–Kier alpha value is -5.05. The molecule has 0 saturated carbocycles. The van der Waals surface area contributed by atoms with E-state index in [0.29, 0.717) is 33.4 Å². The molecule has 0 N–H and O–H groups in total. The molecule has 41 heavy (non-hydrogen) atoms. The van der Waals surface area contributed by atoms with Crippen molar-refractivity contribution in [2.45, 2.75) is 13.1 Å². The zero-order valence-corrected chi connectivity index (χ0v) is 21.0. The van der Waals surface area contributed by atoms with Crippen molar-refractivity contribution in [1.29, 1.82) is 0 Å². The number of benzene rings is 4. The van der Waals surface area contributed by atoms with Gasteiger partial charge >= 0.3 is 6.18 Å². The number of hydrogen-bond acceptors (Lipinski definition) is 4. The van der Waals surface area contributed by atoms with Crippen molar-refractivity contribution in [2.24, 2.45) is 0 Å². The van der Waals surface area contributed by atoms with Gasteiger partial charge in [0.15, 0.2) is 0 Å². The van der Waals surface area contributed by atoms with Crippen LogP contribution in [0.25, 0.3) is 65.9 Å². The topological polar surface area (TPSA) is 59.9 Å². The van der Waals surface area contributed by atoms with Gasteiger partial charge in [-0.2, -0.15) is 13.2 Å². The number of rotatable bonds is 2. The summed E-state index contributed by atoms with van der Waals surface area (Å²) in [5, 5.41) is 1.45. The van der Waals surface area contributed by atoms with Crippen LogP contribution in [-0.2, 0) is 6.18 Å². The quantitative estimate of drug-likeness (QED) is 0.206. The maximum absolute atomic E-state index is 13.8. The zero-order chi connectivity index (χ0) is 28.8. The molecule has 0 unspecified atom stereocenters. The Kier molecular flexibility index (Phi) is 5.16. The lowest BCUT2D eigenvalue weighted by Crippen LogP contribution is -2.08. The second-order valence-electron chi connectivity index (χ2n) is 9.95. The SMILES string of the molecule is Cc1cc(-c2ccc3c(c2)c(=O)c2nc4c(nc23)c(=O)c2cc(-c3ccc(F)c(C(F)(F)F)c3)ccc24)ccc1F. The summed E-state index contributed by atoms with van der Waals surface area (Å²) in [7, 11) is 0. The van der Waals surface area contributed by atoms with E-state index in [1.54, 1.807) is 37.3 Å². The van der Waals surface area contributed by atoms with E-state index in [1.165, 1.54) is 30.3 Å². The van der Waals surface area contributed by atoms with E-state index in [4.69, 9.17) is 0 Å². The molecule has 0 bridgehead atoms. The largest absolute Gasteiger partial charge is 0.419 e. The molecule has 0 fully saturated rings. The van der Waals surface area contributed by atoms with E-state index in [1.807, 2.05) is 0 Å². The first-order chi connectivity index (χ1) is 19.5. The average Bonchev–Trinajstić information content (AvgIpc) is 3.38. The van der Waals surface area contributed by atoms with E-state index in [-0.39, 0.29) is 49.8 Å². The number of alkyl halides is 3. The fourth-order valence-electron chi connectivity index (χ4n) is 5.37. The molecule has 0 aliphatic rings. The van der Waals surface area contributed by atoms with Gasteiger partial charge in [-0.05, 0) is 71.1 Å². The van der Waals surface area contributed by atoms with Crippen molar-refractivity contribution in [3.63, 3.8) is 0 Å². The van der Waals surface area contributed by atoms with Crippen LogP contribution < -0.4 is 10.9 Å². The summed E-state index contributed by atoms with van der Waals surface area (Å²) in [4.78, 5) is 35.8. The first-order valence-electron chi connectivity index (χ1n) is 12.4. The molecule has 0 amide bonds. The van der Waals surface area contributed by atoms with Gasteiger partial charge in [0.2, 0.25) is 10.9 Å². The Labute approximate surface area is 227 Å². The van der Waals surface area contributed by atoms with Crippen LogP contribution in [0.5, 0.6) is 0 Å². The lowest BCUT2D eigenvalue weighted by molar-refractivity contribution is -0.139. The summed E-state index contributed by atoms with van der Waals surface area (Å²) in [5.74, 6) is -1.72. The van der Waals surface area contributed by atoms with Crippen molar-refractivity contribution in [3.8, 4) is 22.3 Å². The Bertz CT molecular complexity index is 2330. The first kappa shape index (κ1) is 25.0. The number of aromatic nitrogens is 2. The Morgan fingerprint density at radius 2 is 0.976 bits per heavy atom. The van der Waals surface area contributed by atoms with Crippen LogP contribution in [0.4, 0.5) is 22.0 Å². The molecule has 0 saturated heterocycles. The van der Waals surface area contributed by atoms with E-state index in [0.717, 1.165) is 11.6 Å². The predicted molar refractivity (Wildman–Crippen MR) is 147 cm³/mol. The van der Waals surface area contributed by atoms with Gasteiger partial charge < -0.3 is 0 Å². The van der Waals surface area contributed by atoms with Crippen LogP contribution in [0.2, 0.25) is 0 Å². The van der Waals surface area contributed by atoms with Gasteiger partial charge in [-0.3, -0.25) is 9.59 Å². The summed E-state index contributed by atoms with van der Waals surface area (Å²) in [6.45, 7) is 1.65. The molecular formula is C32H15F5N2O2. The van der Waals surface area contributed by atoms with Crippen molar-refractivity contribution >= 4 is 43.6 Å². The maximum atomic E-state index is 13.8. The highest BCUT2D eigenvalue weighted by Gasteiger charge is 2.34. The number of fused-ring (bicyclic) bond motifs is 6. The van der Waals surface area contributed by atoms with E-state index in [2.05, 4.69) is 9.97 Å². The molecule has 0 radical (unpaired) electrons. The Morgan fingerprint density at radius 3 is 1.46 bits per heavy atom. The van der Waals surface area contributed by atoms with Gasteiger partial charge in [0.1, 0.15) is 33.7 Å². The number of halogens is 5. The predicted octanol–water partition coefficient (Wildman–Crippen LogP) is 7.62. The lowest BCUT2D eigenvalue weighted by Gasteiger charge is -2.10. The van der Waals surface area contributed by atoms with E-state index < -0.39 is 23.0 Å². The third kappa shape index (κ3) is 3.72. The van der Waals surface area contributed by atoms with Crippen LogP contribution in [-0.4, -0.2) is 9.97 Å². The third-order valence-electron chi connectivity index (χ3n) is 7.46. The van der Waals surface area contributed by atoms with Crippen molar-refractivity contribution in [2.75, 3.05) is 0 Å². The molecule has 7 rings (SSSR count). The van der Waals surface area contributed by atoms with Crippen molar-refractivity contribution < 1.29 is 22.0 Å². The fraction of sp³-hybridized carbons (Fsp3) is 0.0625. The summed E-state index contributed by atoms with van der Waals surface area (Å²) in [6, 6.07) is 17.0. The summed E-state index contributed by atoms with van der Waals surface area (Å²) in [6.07, 6.45) is -4.88. The standard InChI is InChI=1S/C32H15F5N2O2/c1-14-10-15(4-8-24(14)33)16-2-6-19-21(11-16)30(40)28-26(19)38-29-27(39-28)20-7-3-17(12-22(20)31(29)41)18-5-9-25(34)23(13-18)32(35,36)37/h2-13H,1H3. The minimum Gasteiger partial charge on any atom is -0.287 e. The maximum Gasteiger partial charge on any atom is 0.419 e. The number of nitrogens with zero attached hydrogens (tertiary/aromatic N) is 2. The van der Waals surface area contributed by atoms with Crippen LogP contribution in [0.1, 0.15) is 11.1 Å². The van der Waals surface area contributed by atoms with Gasteiger partial charge in [-0.15, -0.1) is 0 Å². The van der Waals surface area contributed by atoms with Gasteiger partial charge in [0.25, 0.3) is 0 Å². The highest BCUT2D eigenvalue weighted by Crippen LogP contribution is 2.36. The average molecular weight is 554 g/mol. The van der Waals surface area contributed by atoms with Crippen LogP contribution in [0, 0.1) is 18.6 Å². The highest BCUT2D eigenvalue weighted by molar-refractivity contribution is 6.15. The highest BCUT2D eigenvalue weighted by atomic mass is 19.4. The normalized spacial score (nSPS) is 12.3. The molecule has 4 nitrogen and oxygen atoms in total. The molecule has 0 aliphatic carbocycles. The lowest BCUT2D eigenvalue weighted by atomic mass is 10.0. The minimum atomic E-state index is -4.88. The molecule has 0 aliphatic heterocycles. The molecule has 9 heteroatoms. The summed E-state index contributed by atoms with van der Waals surface area (Å²) >= 11 is 0. The smallest absolute Gasteiger partial charge is 0.287 e. The molecule has 7 aromatic rings. The molecule has 0 atom stereocenters. The first-order valence-corrected chi connectivity index (χ1v) is 12.4. The number of aryl methyl sites for hydroxylation is 1. The second kappa shape index (κ2) is 8.47. The summed E-state index contributed by atoms with van der Waals surface area (Å²) in [5.41, 5.74) is 0.635. The van der Waals surface area contributed by atoms with Crippen LogP contribution >= 0.6 is 0 Å². The molecule has 1 heterocycles. The Morgan fingerprint density at radius 1 is 0.537 bits per heavy atom. The van der Waals surface area contributed by atoms with Crippen LogP contribution in [0.15, 0.2) is 82.4 Å². The Balaban J connectivity index is 1.41. The van der Waals surface area contributed by atoms with Crippen LogP contribution in [0.3, 0.4) is 0 Å².